The van der Waals surface area contributed by atoms with E-state index in [4.69, 9.17) is 23.8 Å². The first-order valence-corrected chi connectivity index (χ1v) is 23.2. The summed E-state index contributed by atoms with van der Waals surface area (Å²) in [6.07, 6.45) is 1.25. The first kappa shape index (κ1) is 39.1. The van der Waals surface area contributed by atoms with Crippen LogP contribution in [-0.2, 0) is 5.41 Å². The molecule has 0 N–H and O–H groups in total. The van der Waals surface area contributed by atoms with Crippen LogP contribution in [0.2, 0.25) is 0 Å². The third-order valence-corrected chi connectivity index (χ3v) is 13.6. The van der Waals surface area contributed by atoms with Crippen molar-refractivity contribution in [3.05, 3.63) is 193 Å². The average Bonchev–Trinajstić information content (AvgIpc) is 4.09. The molecule has 1 aliphatic carbocycles. The second-order valence-corrected chi connectivity index (χ2v) is 18.3. The molecule has 0 fully saturated rings. The maximum atomic E-state index is 6.41. The molecule has 0 amide bonds. The summed E-state index contributed by atoms with van der Waals surface area (Å²) in [7, 11) is 0. The summed E-state index contributed by atoms with van der Waals surface area (Å²) in [5.41, 5.74) is 14.3. The highest BCUT2D eigenvalue weighted by atomic mass is 16.3. The summed E-state index contributed by atoms with van der Waals surface area (Å²) in [6, 6.07) is 64.4. The maximum absolute atomic E-state index is 6.41. The minimum atomic E-state index is -0.153. The van der Waals surface area contributed by atoms with E-state index in [0.29, 0.717) is 17.6 Å². The monoisotopic (exact) mass is 864 g/mol. The predicted molar refractivity (Wildman–Crippen MR) is 276 cm³/mol. The SMILES string of the molecule is CC1(C)c2ccccc2-c2ccc(-c3cccc4c5cc6ccccc6cc5n(-c5nc(-c6ccc7c(c6)oc6ccccc67)nc(-c6ccc7c(c6)oc6ccccc67)n5)c34)cc21.CCC. The Balaban J connectivity index is 0.00000145. The Labute approximate surface area is 386 Å². The number of nitrogens with zero attached hydrogens (tertiary/aromatic N) is 4. The number of hydrogen-bond acceptors (Lipinski definition) is 5. The van der Waals surface area contributed by atoms with Gasteiger partial charge in [0, 0.05) is 54.4 Å². The topological polar surface area (TPSA) is 69.9 Å². The van der Waals surface area contributed by atoms with Gasteiger partial charge >= 0.3 is 0 Å². The minimum Gasteiger partial charge on any atom is -0.456 e. The van der Waals surface area contributed by atoms with Crippen LogP contribution in [0.5, 0.6) is 0 Å². The first-order chi connectivity index (χ1) is 32.9. The summed E-state index contributed by atoms with van der Waals surface area (Å²) in [6.45, 7) is 8.92. The molecule has 0 bridgehead atoms. The molecule has 1 aliphatic rings. The molecule has 320 valence electrons. The van der Waals surface area contributed by atoms with Crippen LogP contribution in [0.15, 0.2) is 191 Å². The highest BCUT2D eigenvalue weighted by molar-refractivity contribution is 6.17. The highest BCUT2D eigenvalue weighted by Gasteiger charge is 2.35. The Bertz CT molecular complexity index is 4020. The fraction of sp³-hybridized carbons (Fsp3) is 0.0984. The second kappa shape index (κ2) is 14.8. The van der Waals surface area contributed by atoms with Gasteiger partial charge in [-0.05, 0) is 93.2 Å². The van der Waals surface area contributed by atoms with Crippen molar-refractivity contribution in [1.29, 1.82) is 0 Å². The average molecular weight is 865 g/mol. The van der Waals surface area contributed by atoms with Crippen molar-refractivity contribution < 1.29 is 8.83 Å². The Kier molecular flexibility index (Phi) is 8.65. The lowest BCUT2D eigenvalue weighted by Gasteiger charge is -2.22. The van der Waals surface area contributed by atoms with Crippen molar-refractivity contribution in [3.8, 4) is 51.0 Å². The van der Waals surface area contributed by atoms with Crippen LogP contribution < -0.4 is 0 Å². The van der Waals surface area contributed by atoms with Crippen LogP contribution in [0.4, 0.5) is 0 Å². The molecule has 0 spiro atoms. The van der Waals surface area contributed by atoms with Gasteiger partial charge in [-0.3, -0.25) is 4.57 Å². The molecule has 0 saturated heterocycles. The van der Waals surface area contributed by atoms with Crippen LogP contribution in [0, 0.1) is 0 Å². The summed E-state index contributed by atoms with van der Waals surface area (Å²) in [5.74, 6) is 1.60. The number of para-hydroxylation sites is 3. The van der Waals surface area contributed by atoms with E-state index in [-0.39, 0.29) is 5.41 Å². The van der Waals surface area contributed by atoms with Gasteiger partial charge in [-0.25, -0.2) is 4.98 Å². The maximum Gasteiger partial charge on any atom is 0.238 e. The quantitative estimate of drug-likeness (QED) is 0.176. The number of fused-ring (bicyclic) bond motifs is 13. The normalized spacial score (nSPS) is 13.0. The van der Waals surface area contributed by atoms with Crippen molar-refractivity contribution >= 4 is 76.5 Å². The largest absolute Gasteiger partial charge is 0.456 e. The lowest BCUT2D eigenvalue weighted by molar-refractivity contribution is 0.660. The van der Waals surface area contributed by atoms with Crippen molar-refractivity contribution in [2.45, 2.75) is 39.5 Å². The zero-order valence-electron chi connectivity index (χ0n) is 37.6. The van der Waals surface area contributed by atoms with Crippen LogP contribution >= 0.6 is 0 Å². The van der Waals surface area contributed by atoms with Gasteiger partial charge in [0.2, 0.25) is 5.95 Å². The predicted octanol–water partition coefficient (Wildman–Crippen LogP) is 16.6. The van der Waals surface area contributed by atoms with E-state index in [1.54, 1.807) is 0 Å². The zero-order chi connectivity index (χ0) is 45.0. The molecule has 0 atom stereocenters. The van der Waals surface area contributed by atoms with E-state index in [0.717, 1.165) is 93.3 Å². The second-order valence-electron chi connectivity index (χ2n) is 18.3. The minimum absolute atomic E-state index is 0.153. The van der Waals surface area contributed by atoms with E-state index < -0.39 is 0 Å². The van der Waals surface area contributed by atoms with Crippen LogP contribution in [0.1, 0.15) is 45.2 Å². The third-order valence-electron chi connectivity index (χ3n) is 13.6. The van der Waals surface area contributed by atoms with Gasteiger partial charge < -0.3 is 8.83 Å². The smallest absolute Gasteiger partial charge is 0.238 e. The van der Waals surface area contributed by atoms with Gasteiger partial charge in [0.1, 0.15) is 22.3 Å². The molecule has 4 aromatic heterocycles. The van der Waals surface area contributed by atoms with E-state index in [1.807, 2.05) is 36.4 Å². The molecule has 4 heterocycles. The van der Waals surface area contributed by atoms with Gasteiger partial charge in [-0.1, -0.05) is 162 Å². The van der Waals surface area contributed by atoms with E-state index in [9.17, 15) is 0 Å². The third kappa shape index (κ3) is 5.99. The first-order valence-electron chi connectivity index (χ1n) is 23.2. The zero-order valence-corrected chi connectivity index (χ0v) is 37.6. The summed E-state index contributed by atoms with van der Waals surface area (Å²) >= 11 is 0. The van der Waals surface area contributed by atoms with Crippen molar-refractivity contribution in [2.24, 2.45) is 0 Å². The Morgan fingerprint density at radius 2 is 0.940 bits per heavy atom. The Hall–Kier alpha value is -8.35. The number of rotatable bonds is 4. The molecule has 0 radical (unpaired) electrons. The van der Waals surface area contributed by atoms with Gasteiger partial charge in [-0.2, -0.15) is 9.97 Å². The standard InChI is InChI=1S/C58H36N4O2.C3H8/c1-58(2)47-19-8-5-14-39(47)40-25-22-35(29-48(40)58)38-17-11-18-45-46-28-33-12-3-4-13-34(33)30-49(46)62(54(38)45)57-60-55(36-23-26-43-41-15-6-9-20-50(41)63-52(43)31-36)59-56(61-57)37-24-27-44-42-16-7-10-21-51(42)64-53(44)32-37;1-3-2/h3-32H,1-2H3;3H2,1-2H3. The van der Waals surface area contributed by atoms with Gasteiger partial charge in [0.05, 0.1) is 11.0 Å². The van der Waals surface area contributed by atoms with Gasteiger partial charge in [0.25, 0.3) is 0 Å². The van der Waals surface area contributed by atoms with Crippen molar-refractivity contribution in [3.63, 3.8) is 0 Å². The molecule has 13 aromatic rings. The number of hydrogen-bond donors (Lipinski definition) is 0. The fourth-order valence-corrected chi connectivity index (χ4v) is 10.5. The lowest BCUT2D eigenvalue weighted by Crippen LogP contribution is -2.14. The fourth-order valence-electron chi connectivity index (χ4n) is 10.5. The van der Waals surface area contributed by atoms with Crippen LogP contribution in [-0.4, -0.2) is 19.5 Å². The molecule has 14 rings (SSSR count). The van der Waals surface area contributed by atoms with E-state index >= 15 is 0 Å². The van der Waals surface area contributed by atoms with E-state index in [2.05, 4.69) is 178 Å². The number of benzene rings is 9. The molecule has 6 heteroatoms. The molecule has 0 saturated carbocycles. The number of furan rings is 2. The molecular formula is C61H44N4O2. The Morgan fingerprint density at radius 1 is 0.418 bits per heavy atom. The van der Waals surface area contributed by atoms with Gasteiger partial charge in [-0.15, -0.1) is 0 Å². The van der Waals surface area contributed by atoms with E-state index in [1.165, 1.54) is 34.1 Å². The molecule has 67 heavy (non-hydrogen) atoms. The Morgan fingerprint density at radius 3 is 1.61 bits per heavy atom. The lowest BCUT2D eigenvalue weighted by atomic mass is 9.81. The van der Waals surface area contributed by atoms with Gasteiger partial charge in [0.15, 0.2) is 11.6 Å². The molecule has 6 nitrogen and oxygen atoms in total. The highest BCUT2D eigenvalue weighted by Crippen LogP contribution is 2.50. The molecule has 9 aromatic carbocycles. The van der Waals surface area contributed by atoms with Crippen LogP contribution in [0.3, 0.4) is 0 Å². The van der Waals surface area contributed by atoms with Crippen molar-refractivity contribution in [1.82, 2.24) is 19.5 Å². The summed E-state index contributed by atoms with van der Waals surface area (Å²) < 4.78 is 15.1. The summed E-state index contributed by atoms with van der Waals surface area (Å²) in [5, 5.41) is 8.79. The molecular weight excluding hydrogens is 821 g/mol. The summed E-state index contributed by atoms with van der Waals surface area (Å²) in [4.78, 5) is 16.1. The van der Waals surface area contributed by atoms with Crippen molar-refractivity contribution in [2.75, 3.05) is 0 Å². The number of aromatic nitrogens is 4. The van der Waals surface area contributed by atoms with Crippen LogP contribution in [0.25, 0.3) is 127 Å². The molecule has 0 aliphatic heterocycles. The molecule has 0 unspecified atom stereocenters.